The van der Waals surface area contributed by atoms with Gasteiger partial charge in [0.05, 0.1) is 11.9 Å². The van der Waals surface area contributed by atoms with Crippen molar-refractivity contribution in [3.63, 3.8) is 0 Å². The summed E-state index contributed by atoms with van der Waals surface area (Å²) in [5.41, 5.74) is 3.07. The number of nitrogens with zero attached hydrogens (tertiary/aromatic N) is 2. The van der Waals surface area contributed by atoms with Crippen molar-refractivity contribution in [2.24, 2.45) is 5.10 Å². The van der Waals surface area contributed by atoms with Crippen LogP contribution in [0.2, 0.25) is 0 Å². The monoisotopic (exact) mass is 283 g/mol. The highest BCUT2D eigenvalue weighted by molar-refractivity contribution is 5.84. The Hall–Kier alpha value is -2.89. The van der Waals surface area contributed by atoms with Crippen LogP contribution in [0.3, 0.4) is 0 Å². The molecule has 1 atom stereocenters. The van der Waals surface area contributed by atoms with Gasteiger partial charge in [0.1, 0.15) is 6.61 Å². The van der Waals surface area contributed by atoms with Crippen LogP contribution in [-0.4, -0.2) is 29.8 Å². The van der Waals surface area contributed by atoms with Gasteiger partial charge in [0.2, 0.25) is 6.10 Å². The number of rotatable bonds is 3. The Kier molecular flexibility index (Phi) is 3.77. The van der Waals surface area contributed by atoms with Crippen LogP contribution in [0.15, 0.2) is 53.8 Å². The summed E-state index contributed by atoms with van der Waals surface area (Å²) in [7, 11) is 0. The van der Waals surface area contributed by atoms with Crippen LogP contribution in [0.1, 0.15) is 5.69 Å². The van der Waals surface area contributed by atoms with Gasteiger partial charge in [0, 0.05) is 6.20 Å². The van der Waals surface area contributed by atoms with E-state index in [-0.39, 0.29) is 12.5 Å². The molecule has 0 spiro atoms. The van der Waals surface area contributed by atoms with Crippen molar-refractivity contribution in [1.82, 2.24) is 10.4 Å². The Morgan fingerprint density at radius 3 is 2.86 bits per heavy atom. The van der Waals surface area contributed by atoms with E-state index in [9.17, 15) is 4.79 Å². The minimum Gasteiger partial charge on any atom is -0.485 e. The van der Waals surface area contributed by atoms with Crippen LogP contribution in [0.5, 0.6) is 11.5 Å². The van der Waals surface area contributed by atoms with Crippen molar-refractivity contribution in [2.75, 3.05) is 6.61 Å². The van der Waals surface area contributed by atoms with E-state index in [1.807, 2.05) is 18.2 Å². The minimum atomic E-state index is -0.721. The number of hydrazone groups is 1. The summed E-state index contributed by atoms with van der Waals surface area (Å²) in [6, 6.07) is 12.6. The number of carbonyl (C=O) groups excluding carboxylic acids is 1. The van der Waals surface area contributed by atoms with E-state index in [1.54, 1.807) is 30.5 Å². The molecule has 3 rings (SSSR count). The molecule has 1 aromatic carbocycles. The lowest BCUT2D eigenvalue weighted by Crippen LogP contribution is -2.42. The maximum Gasteiger partial charge on any atom is 0.284 e. The predicted molar refractivity (Wildman–Crippen MR) is 76.3 cm³/mol. The highest BCUT2D eigenvalue weighted by atomic mass is 16.6. The van der Waals surface area contributed by atoms with Gasteiger partial charge in [-0.25, -0.2) is 5.43 Å². The van der Waals surface area contributed by atoms with Gasteiger partial charge >= 0.3 is 0 Å². The van der Waals surface area contributed by atoms with E-state index in [2.05, 4.69) is 15.5 Å². The fourth-order valence-electron chi connectivity index (χ4n) is 1.84. The molecule has 0 saturated heterocycles. The van der Waals surface area contributed by atoms with Crippen LogP contribution in [-0.2, 0) is 4.79 Å². The first-order chi connectivity index (χ1) is 10.3. The van der Waals surface area contributed by atoms with Gasteiger partial charge in [0.25, 0.3) is 5.91 Å². The van der Waals surface area contributed by atoms with Crippen molar-refractivity contribution >= 4 is 12.1 Å². The van der Waals surface area contributed by atoms with Crippen molar-refractivity contribution in [1.29, 1.82) is 0 Å². The molecule has 1 aromatic heterocycles. The molecule has 0 bridgehead atoms. The molecule has 6 nitrogen and oxygen atoms in total. The van der Waals surface area contributed by atoms with E-state index in [0.717, 1.165) is 0 Å². The Balaban J connectivity index is 1.59. The van der Waals surface area contributed by atoms with Gasteiger partial charge in [-0.2, -0.15) is 5.10 Å². The molecular formula is C15H13N3O3. The maximum absolute atomic E-state index is 11.9. The molecule has 0 radical (unpaired) electrons. The van der Waals surface area contributed by atoms with E-state index in [4.69, 9.17) is 9.47 Å². The molecular weight excluding hydrogens is 270 g/mol. The summed E-state index contributed by atoms with van der Waals surface area (Å²) >= 11 is 0. The van der Waals surface area contributed by atoms with Crippen LogP contribution in [0.25, 0.3) is 0 Å². The second-order valence-electron chi connectivity index (χ2n) is 4.35. The lowest BCUT2D eigenvalue weighted by molar-refractivity contribution is -0.130. The highest BCUT2D eigenvalue weighted by Gasteiger charge is 2.26. The molecule has 1 aliphatic heterocycles. The number of hydrogen-bond donors (Lipinski definition) is 1. The Morgan fingerprint density at radius 2 is 2.05 bits per heavy atom. The number of aromatic nitrogens is 1. The number of pyridine rings is 1. The SMILES string of the molecule is O=C(N/N=C/c1ccccn1)[C@H]1COc2ccccc2O1. The van der Waals surface area contributed by atoms with E-state index >= 15 is 0 Å². The third-order valence-electron chi connectivity index (χ3n) is 2.86. The molecule has 2 aromatic rings. The second kappa shape index (κ2) is 6.04. The molecule has 1 aliphatic rings. The topological polar surface area (TPSA) is 72.8 Å². The number of para-hydroxylation sites is 2. The van der Waals surface area contributed by atoms with Gasteiger partial charge < -0.3 is 9.47 Å². The number of benzene rings is 1. The first-order valence-electron chi connectivity index (χ1n) is 6.45. The summed E-state index contributed by atoms with van der Waals surface area (Å²) in [6.07, 6.45) is 2.40. The number of nitrogens with one attached hydrogen (secondary N) is 1. The van der Waals surface area contributed by atoms with Crippen molar-refractivity contribution < 1.29 is 14.3 Å². The predicted octanol–water partition coefficient (Wildman–Crippen LogP) is 1.37. The molecule has 6 heteroatoms. The maximum atomic E-state index is 11.9. The quantitative estimate of drug-likeness (QED) is 0.682. The third kappa shape index (κ3) is 3.17. The fraction of sp³-hybridized carbons (Fsp3) is 0.133. The minimum absolute atomic E-state index is 0.155. The average Bonchev–Trinajstić information content (AvgIpc) is 2.55. The average molecular weight is 283 g/mol. The highest BCUT2D eigenvalue weighted by Crippen LogP contribution is 2.30. The number of ether oxygens (including phenoxy) is 2. The summed E-state index contributed by atoms with van der Waals surface area (Å²) in [6.45, 7) is 0.155. The third-order valence-corrected chi connectivity index (χ3v) is 2.86. The second-order valence-corrected chi connectivity index (χ2v) is 4.35. The van der Waals surface area contributed by atoms with Gasteiger partial charge in [-0.3, -0.25) is 9.78 Å². The standard InChI is InChI=1S/C15H13N3O3/c19-15(18-17-9-11-5-3-4-8-16-11)14-10-20-12-6-1-2-7-13(12)21-14/h1-9,14H,10H2,(H,18,19)/b17-9+/t14-/m1/s1. The smallest absolute Gasteiger partial charge is 0.284 e. The Bertz CT molecular complexity index is 658. The Morgan fingerprint density at radius 1 is 1.24 bits per heavy atom. The molecule has 0 aliphatic carbocycles. The van der Waals surface area contributed by atoms with Gasteiger partial charge in [-0.05, 0) is 24.3 Å². The number of carbonyl (C=O) groups is 1. The van der Waals surface area contributed by atoms with Crippen LogP contribution >= 0.6 is 0 Å². The summed E-state index contributed by atoms with van der Waals surface area (Å²) in [4.78, 5) is 16.0. The van der Waals surface area contributed by atoms with E-state index in [1.165, 1.54) is 6.21 Å². The largest absolute Gasteiger partial charge is 0.485 e. The zero-order valence-corrected chi connectivity index (χ0v) is 11.1. The normalized spacial score (nSPS) is 16.7. The van der Waals surface area contributed by atoms with Crippen molar-refractivity contribution in [2.45, 2.75) is 6.10 Å². The molecule has 0 saturated carbocycles. The molecule has 1 N–H and O–H groups in total. The van der Waals surface area contributed by atoms with E-state index in [0.29, 0.717) is 17.2 Å². The van der Waals surface area contributed by atoms with Gasteiger partial charge in [-0.15, -0.1) is 0 Å². The molecule has 0 unspecified atom stereocenters. The molecule has 21 heavy (non-hydrogen) atoms. The molecule has 2 heterocycles. The molecule has 106 valence electrons. The van der Waals surface area contributed by atoms with Crippen LogP contribution < -0.4 is 14.9 Å². The van der Waals surface area contributed by atoms with Crippen LogP contribution in [0, 0.1) is 0 Å². The lowest BCUT2D eigenvalue weighted by atomic mass is 10.2. The summed E-state index contributed by atoms with van der Waals surface area (Å²) in [5, 5.41) is 3.85. The lowest BCUT2D eigenvalue weighted by Gasteiger charge is -2.24. The number of amides is 1. The summed E-state index contributed by atoms with van der Waals surface area (Å²) in [5.74, 6) is 0.827. The zero-order valence-electron chi connectivity index (χ0n) is 11.1. The first-order valence-corrected chi connectivity index (χ1v) is 6.45. The molecule has 1 amide bonds. The van der Waals surface area contributed by atoms with Gasteiger partial charge in [-0.1, -0.05) is 18.2 Å². The van der Waals surface area contributed by atoms with Crippen molar-refractivity contribution in [3.8, 4) is 11.5 Å². The Labute approximate surface area is 121 Å². The molecule has 0 fully saturated rings. The van der Waals surface area contributed by atoms with E-state index < -0.39 is 6.10 Å². The summed E-state index contributed by atoms with van der Waals surface area (Å²) < 4.78 is 11.0. The van der Waals surface area contributed by atoms with Crippen molar-refractivity contribution in [3.05, 3.63) is 54.4 Å². The first kappa shape index (κ1) is 13.1. The zero-order chi connectivity index (χ0) is 14.5. The number of hydrogen-bond acceptors (Lipinski definition) is 5. The number of fused-ring (bicyclic) bond motifs is 1. The van der Waals surface area contributed by atoms with Crippen LogP contribution in [0.4, 0.5) is 0 Å². The fourth-order valence-corrected chi connectivity index (χ4v) is 1.84. The van der Waals surface area contributed by atoms with Gasteiger partial charge in [0.15, 0.2) is 11.5 Å².